The lowest BCUT2D eigenvalue weighted by Gasteiger charge is -2.27. The number of aliphatic imine (C=N–C) groups is 1. The van der Waals surface area contributed by atoms with Crippen LogP contribution in [0, 0.1) is 0 Å². The van der Waals surface area contributed by atoms with Gasteiger partial charge in [-0.3, -0.25) is 9.98 Å². The lowest BCUT2D eigenvalue weighted by Crippen LogP contribution is -2.17. The molecule has 0 aliphatic heterocycles. The molecule has 5 aromatic carbocycles. The van der Waals surface area contributed by atoms with Gasteiger partial charge in [-0.25, -0.2) is 4.98 Å². The van der Waals surface area contributed by atoms with Crippen LogP contribution in [0.25, 0.3) is 55.4 Å². The highest BCUT2D eigenvalue weighted by Crippen LogP contribution is 2.43. The van der Waals surface area contributed by atoms with E-state index in [1.807, 2.05) is 42.6 Å². The molecule has 0 spiro atoms. The van der Waals surface area contributed by atoms with E-state index in [9.17, 15) is 5.11 Å². The van der Waals surface area contributed by atoms with Crippen LogP contribution in [-0.4, -0.2) is 21.3 Å². The average molecular weight is 660 g/mol. The number of phenolic OH excluding ortho intramolecular Hbond substituents is 1. The smallest absolute Gasteiger partial charge is 0.229 e. The first-order chi connectivity index (χ1) is 23.6. The number of fused-ring (bicyclic) bond motifs is 3. The Kier molecular flexibility index (Phi) is 7.93. The Hall–Kier alpha value is -5.29. The molecule has 1 N–H and O–H groups in total. The minimum Gasteiger partial charge on any atom is -0.507 e. The SMILES string of the molecule is CC(C)(C)c1cc(C=Nc2c(-c3nc4c(-c5cccc6ncccc56)cc(C(C)(C)C)cc4o3)ccc3ccccc23)c(O)c(C(C)(C)C)c1. The summed E-state index contributed by atoms with van der Waals surface area (Å²) in [6.07, 6.45) is 3.62. The van der Waals surface area contributed by atoms with Crippen molar-refractivity contribution < 1.29 is 9.52 Å². The van der Waals surface area contributed by atoms with Gasteiger partial charge < -0.3 is 9.52 Å². The standard InChI is InChI=1S/C45H45N3O2/c1-43(2,3)29-22-28(41(49)36(24-29)45(7,8)9)26-47-39-31-15-11-10-14-27(31)19-20-34(39)42-48-40-35(23-30(44(4,5)6)25-38(40)50-42)32-16-12-18-37-33(32)17-13-21-46-37/h10-26,49H,1-9H3. The average Bonchev–Trinajstić information content (AvgIpc) is 3.50. The largest absolute Gasteiger partial charge is 0.507 e. The summed E-state index contributed by atoms with van der Waals surface area (Å²) in [5.74, 6) is 0.744. The van der Waals surface area contributed by atoms with Gasteiger partial charge in [0, 0.05) is 39.9 Å². The fraction of sp³-hybridized carbons (Fsp3) is 0.267. The van der Waals surface area contributed by atoms with Gasteiger partial charge in [-0.05, 0) is 74.7 Å². The van der Waals surface area contributed by atoms with E-state index in [4.69, 9.17) is 14.4 Å². The second-order valence-corrected chi connectivity index (χ2v) is 16.4. The van der Waals surface area contributed by atoms with Gasteiger partial charge in [0.2, 0.25) is 5.89 Å². The van der Waals surface area contributed by atoms with Crippen LogP contribution in [-0.2, 0) is 16.2 Å². The van der Waals surface area contributed by atoms with Gasteiger partial charge in [0.05, 0.1) is 16.8 Å². The molecule has 2 aromatic heterocycles. The second-order valence-electron chi connectivity index (χ2n) is 16.4. The number of hydrogen-bond donors (Lipinski definition) is 1. The van der Waals surface area contributed by atoms with Crippen LogP contribution in [0.3, 0.4) is 0 Å². The highest BCUT2D eigenvalue weighted by Gasteiger charge is 2.26. The van der Waals surface area contributed by atoms with E-state index in [-0.39, 0.29) is 22.0 Å². The van der Waals surface area contributed by atoms with Crippen LogP contribution in [0.1, 0.15) is 84.6 Å². The molecular formula is C45H45N3O2. The van der Waals surface area contributed by atoms with E-state index in [0.717, 1.165) is 71.8 Å². The number of benzene rings is 5. The molecule has 0 atom stereocenters. The zero-order valence-electron chi connectivity index (χ0n) is 30.5. The topological polar surface area (TPSA) is 71.5 Å². The maximum Gasteiger partial charge on any atom is 0.229 e. The van der Waals surface area contributed by atoms with Gasteiger partial charge in [0.1, 0.15) is 11.3 Å². The van der Waals surface area contributed by atoms with Crippen LogP contribution < -0.4 is 0 Å². The first kappa shape index (κ1) is 33.2. The lowest BCUT2D eigenvalue weighted by atomic mass is 9.79. The Morgan fingerprint density at radius 3 is 2.12 bits per heavy atom. The monoisotopic (exact) mass is 659 g/mol. The molecule has 7 rings (SSSR count). The van der Waals surface area contributed by atoms with Gasteiger partial charge >= 0.3 is 0 Å². The van der Waals surface area contributed by atoms with E-state index in [1.165, 1.54) is 0 Å². The van der Waals surface area contributed by atoms with Crippen molar-refractivity contribution in [3.63, 3.8) is 0 Å². The molecule has 252 valence electrons. The molecule has 50 heavy (non-hydrogen) atoms. The van der Waals surface area contributed by atoms with Crippen LogP contribution in [0.2, 0.25) is 0 Å². The summed E-state index contributed by atoms with van der Waals surface area (Å²) in [6.45, 7) is 19.6. The van der Waals surface area contributed by atoms with E-state index in [0.29, 0.717) is 11.5 Å². The molecule has 0 aliphatic rings. The zero-order valence-corrected chi connectivity index (χ0v) is 30.5. The number of hydrogen-bond acceptors (Lipinski definition) is 5. The summed E-state index contributed by atoms with van der Waals surface area (Å²) in [5, 5.41) is 14.7. The number of oxazole rings is 1. The molecular weight excluding hydrogens is 615 g/mol. The summed E-state index contributed by atoms with van der Waals surface area (Å²) >= 11 is 0. The number of nitrogens with zero attached hydrogens (tertiary/aromatic N) is 3. The third-order valence-electron chi connectivity index (χ3n) is 9.57. The number of phenols is 1. The van der Waals surface area contributed by atoms with Crippen molar-refractivity contribution in [3.8, 4) is 28.3 Å². The molecule has 7 aromatic rings. The predicted octanol–water partition coefficient (Wildman–Crippen LogP) is 12.2. The summed E-state index contributed by atoms with van der Waals surface area (Å²) in [7, 11) is 0. The van der Waals surface area contributed by atoms with E-state index in [1.54, 1.807) is 6.21 Å². The molecule has 0 aliphatic carbocycles. The quantitative estimate of drug-likeness (QED) is 0.191. The molecule has 0 saturated carbocycles. The van der Waals surface area contributed by atoms with Crippen molar-refractivity contribution >= 4 is 44.7 Å². The van der Waals surface area contributed by atoms with Crippen LogP contribution in [0.5, 0.6) is 5.75 Å². The maximum atomic E-state index is 11.6. The molecule has 0 bridgehead atoms. The third-order valence-corrected chi connectivity index (χ3v) is 9.57. The summed E-state index contributed by atoms with van der Waals surface area (Å²) in [6, 6.07) is 31.2. The van der Waals surface area contributed by atoms with Crippen molar-refractivity contribution in [1.29, 1.82) is 0 Å². The van der Waals surface area contributed by atoms with Crippen LogP contribution >= 0.6 is 0 Å². The highest BCUT2D eigenvalue weighted by atomic mass is 16.3. The Balaban J connectivity index is 1.47. The first-order valence-corrected chi connectivity index (χ1v) is 17.3. The summed E-state index contributed by atoms with van der Waals surface area (Å²) in [4.78, 5) is 15.0. The van der Waals surface area contributed by atoms with Crippen molar-refractivity contribution in [2.24, 2.45) is 4.99 Å². The Morgan fingerprint density at radius 2 is 1.38 bits per heavy atom. The third kappa shape index (κ3) is 6.06. The molecule has 5 heteroatoms. The normalized spacial score (nSPS) is 12.9. The van der Waals surface area contributed by atoms with Crippen LogP contribution in [0.4, 0.5) is 5.69 Å². The maximum absolute atomic E-state index is 11.6. The van der Waals surface area contributed by atoms with Gasteiger partial charge in [-0.1, -0.05) is 117 Å². The molecule has 2 heterocycles. The van der Waals surface area contributed by atoms with E-state index < -0.39 is 0 Å². The van der Waals surface area contributed by atoms with Gasteiger partial charge in [0.25, 0.3) is 0 Å². The van der Waals surface area contributed by atoms with E-state index >= 15 is 0 Å². The second kappa shape index (κ2) is 11.9. The molecule has 0 saturated heterocycles. The molecule has 0 amide bonds. The fourth-order valence-electron chi connectivity index (χ4n) is 6.58. The lowest BCUT2D eigenvalue weighted by molar-refractivity contribution is 0.444. The van der Waals surface area contributed by atoms with Gasteiger partial charge in [-0.2, -0.15) is 0 Å². The van der Waals surface area contributed by atoms with Crippen molar-refractivity contribution in [2.75, 3.05) is 0 Å². The van der Waals surface area contributed by atoms with Crippen LogP contribution in [0.15, 0.2) is 107 Å². The predicted molar refractivity (Wildman–Crippen MR) is 209 cm³/mol. The van der Waals surface area contributed by atoms with Crippen molar-refractivity contribution in [2.45, 2.75) is 78.6 Å². The summed E-state index contributed by atoms with van der Waals surface area (Å²) in [5.41, 5.74) is 9.43. The Morgan fingerprint density at radius 1 is 0.660 bits per heavy atom. The number of aromatic nitrogens is 2. The Bertz CT molecular complexity index is 2440. The Labute approximate surface area is 294 Å². The van der Waals surface area contributed by atoms with E-state index in [2.05, 4.69) is 122 Å². The molecule has 0 unspecified atom stereocenters. The zero-order chi connectivity index (χ0) is 35.6. The van der Waals surface area contributed by atoms with Gasteiger partial charge in [-0.15, -0.1) is 0 Å². The molecule has 0 radical (unpaired) electrons. The molecule has 5 nitrogen and oxygen atoms in total. The number of aromatic hydroxyl groups is 1. The van der Waals surface area contributed by atoms with Crippen molar-refractivity contribution in [1.82, 2.24) is 9.97 Å². The minimum atomic E-state index is -0.250. The van der Waals surface area contributed by atoms with Crippen molar-refractivity contribution in [3.05, 3.63) is 119 Å². The first-order valence-electron chi connectivity index (χ1n) is 17.3. The number of pyridine rings is 1. The highest BCUT2D eigenvalue weighted by molar-refractivity contribution is 6.05. The minimum absolute atomic E-state index is 0.108. The number of rotatable bonds is 4. The molecule has 0 fully saturated rings. The summed E-state index contributed by atoms with van der Waals surface area (Å²) < 4.78 is 6.71. The fourth-order valence-corrected chi connectivity index (χ4v) is 6.58. The van der Waals surface area contributed by atoms with Gasteiger partial charge in [0.15, 0.2) is 5.58 Å².